The van der Waals surface area contributed by atoms with Gasteiger partial charge in [-0.05, 0) is 62.1 Å². The molecule has 1 aliphatic carbocycles. The molecule has 35 heavy (non-hydrogen) atoms. The average Bonchev–Trinajstić information content (AvgIpc) is 3.42. The van der Waals surface area contributed by atoms with Crippen LogP contribution in [0.1, 0.15) is 61.1 Å². The van der Waals surface area contributed by atoms with E-state index >= 15 is 0 Å². The van der Waals surface area contributed by atoms with Crippen molar-refractivity contribution in [2.45, 2.75) is 56.5 Å². The van der Waals surface area contributed by atoms with Gasteiger partial charge in [-0.3, -0.25) is 9.69 Å². The summed E-state index contributed by atoms with van der Waals surface area (Å²) in [5.41, 5.74) is 3.05. The summed E-state index contributed by atoms with van der Waals surface area (Å²) in [7, 11) is 1.66. The maximum atomic E-state index is 13.2. The van der Waals surface area contributed by atoms with Gasteiger partial charge in [-0.1, -0.05) is 48.9 Å². The minimum atomic E-state index is 0.118. The lowest BCUT2D eigenvalue weighted by molar-refractivity contribution is -0.140. The molecule has 3 fully saturated rings. The maximum Gasteiger partial charge on any atom is 0.225 e. The van der Waals surface area contributed by atoms with E-state index in [0.717, 1.165) is 62.2 Å². The minimum absolute atomic E-state index is 0.118. The number of hydrogen-bond donors (Lipinski definition) is 1. The minimum Gasteiger partial charge on any atom is -0.495 e. The molecule has 5 rings (SSSR count). The molecule has 2 aliphatic heterocycles. The summed E-state index contributed by atoms with van der Waals surface area (Å²) in [4.78, 5) is 17.8. The van der Waals surface area contributed by atoms with Crippen LogP contribution in [0.2, 0.25) is 0 Å². The number of benzene rings is 2. The predicted molar refractivity (Wildman–Crippen MR) is 137 cm³/mol. The molecule has 1 N–H and O–H groups in total. The van der Waals surface area contributed by atoms with E-state index < -0.39 is 0 Å². The summed E-state index contributed by atoms with van der Waals surface area (Å²) < 4.78 is 5.40. The first-order chi connectivity index (χ1) is 17.2. The molecule has 1 saturated carbocycles. The molecule has 2 heterocycles. The molecule has 1 amide bonds. The van der Waals surface area contributed by atoms with Gasteiger partial charge in [0, 0.05) is 42.6 Å². The van der Waals surface area contributed by atoms with Crippen molar-refractivity contribution in [3.8, 4) is 17.6 Å². The number of methoxy groups -OCH3 is 1. The van der Waals surface area contributed by atoms with Gasteiger partial charge in [0.25, 0.3) is 0 Å². The Bertz CT molecular complexity index is 1080. The largest absolute Gasteiger partial charge is 0.495 e. The molecule has 184 valence electrons. The van der Waals surface area contributed by atoms with Crippen LogP contribution in [0, 0.1) is 17.8 Å². The number of nitrogens with zero attached hydrogens (tertiary/aromatic N) is 2. The summed E-state index contributed by atoms with van der Waals surface area (Å²) >= 11 is 0. The summed E-state index contributed by atoms with van der Waals surface area (Å²) in [5.74, 6) is 8.05. The summed E-state index contributed by atoms with van der Waals surface area (Å²) in [6.07, 6.45) is 6.58. The van der Waals surface area contributed by atoms with Gasteiger partial charge in [-0.15, -0.1) is 0 Å². The number of amides is 1. The monoisotopic (exact) mass is 472 g/mol. The van der Waals surface area contributed by atoms with Crippen molar-refractivity contribution in [3.63, 3.8) is 0 Å². The number of carbonyl (C=O) groups is 1. The highest BCUT2D eigenvalue weighted by molar-refractivity contribution is 5.79. The lowest BCUT2D eigenvalue weighted by Crippen LogP contribution is -2.68. The molecular formula is C30H36N2O3. The van der Waals surface area contributed by atoms with Gasteiger partial charge in [-0.2, -0.15) is 0 Å². The predicted octanol–water partition coefficient (Wildman–Crippen LogP) is 4.04. The van der Waals surface area contributed by atoms with Gasteiger partial charge in [0.15, 0.2) is 0 Å². The first-order valence-corrected chi connectivity index (χ1v) is 13.1. The van der Waals surface area contributed by atoms with Gasteiger partial charge < -0.3 is 14.7 Å². The highest BCUT2D eigenvalue weighted by Gasteiger charge is 2.49. The Morgan fingerprint density at radius 1 is 1.00 bits per heavy atom. The lowest BCUT2D eigenvalue weighted by Gasteiger charge is -2.57. The normalized spacial score (nSPS) is 25.0. The Morgan fingerprint density at radius 3 is 2.49 bits per heavy atom. The fraction of sp³-hybridized carbons (Fsp3) is 0.500. The number of para-hydroxylation sites is 1. The van der Waals surface area contributed by atoms with Crippen LogP contribution in [0.3, 0.4) is 0 Å². The van der Waals surface area contributed by atoms with E-state index in [0.29, 0.717) is 5.91 Å². The molecule has 2 aromatic carbocycles. The van der Waals surface area contributed by atoms with Crippen LogP contribution in [0.4, 0.5) is 0 Å². The Hall–Kier alpha value is -2.81. The van der Waals surface area contributed by atoms with Crippen LogP contribution in [0.25, 0.3) is 0 Å². The van der Waals surface area contributed by atoms with Crippen molar-refractivity contribution in [3.05, 3.63) is 65.2 Å². The van der Waals surface area contributed by atoms with Crippen LogP contribution >= 0.6 is 0 Å². The molecule has 0 radical (unpaired) electrons. The number of hydrogen-bond acceptors (Lipinski definition) is 4. The number of aliphatic hydroxyl groups excluding tert-OH is 1. The third-order valence-corrected chi connectivity index (χ3v) is 8.13. The van der Waals surface area contributed by atoms with Crippen LogP contribution in [-0.4, -0.2) is 66.2 Å². The van der Waals surface area contributed by atoms with Gasteiger partial charge in [-0.25, -0.2) is 0 Å². The lowest BCUT2D eigenvalue weighted by atomic mass is 9.74. The number of fused-ring (bicyclic) bond motifs is 1. The van der Waals surface area contributed by atoms with E-state index in [1.807, 2.05) is 24.3 Å². The fourth-order valence-electron chi connectivity index (χ4n) is 6.25. The van der Waals surface area contributed by atoms with Crippen molar-refractivity contribution in [1.82, 2.24) is 9.80 Å². The van der Waals surface area contributed by atoms with Gasteiger partial charge in [0.1, 0.15) is 5.75 Å². The van der Waals surface area contributed by atoms with E-state index in [-0.39, 0.29) is 30.5 Å². The third kappa shape index (κ3) is 4.96. The molecule has 3 atom stereocenters. The van der Waals surface area contributed by atoms with Gasteiger partial charge in [0.05, 0.1) is 19.3 Å². The van der Waals surface area contributed by atoms with Crippen molar-refractivity contribution < 1.29 is 14.6 Å². The third-order valence-electron chi connectivity index (χ3n) is 8.13. The van der Waals surface area contributed by atoms with Gasteiger partial charge >= 0.3 is 0 Å². The smallest absolute Gasteiger partial charge is 0.225 e. The standard InChI is InChI=1S/C30H36N2O3/c1-35-28-11-5-4-8-23(28)15-12-22-13-16-24(17-14-22)29-26-20-31(30(34)25-9-2-3-10-25)18-6-7-19-32(26)27(29)21-33/h4-5,8,11,13-14,16-17,25-27,29,33H,2-3,6-7,9-10,18-21H2,1H3/t26-,27+,29+/m0/s1. The molecule has 0 bridgehead atoms. The molecule has 0 aromatic heterocycles. The van der Waals surface area contributed by atoms with E-state index in [1.165, 1.54) is 18.4 Å². The SMILES string of the molecule is COc1ccccc1C#Cc1ccc([C@H]2[C@@H](CO)N3CCCCN(C(=O)C4CCCC4)C[C@@H]23)cc1. The highest BCUT2D eigenvalue weighted by Crippen LogP contribution is 2.42. The van der Waals surface area contributed by atoms with E-state index in [2.05, 4.69) is 45.9 Å². The molecule has 2 saturated heterocycles. The van der Waals surface area contributed by atoms with E-state index in [4.69, 9.17) is 4.74 Å². The number of ether oxygens (including phenoxy) is 1. The van der Waals surface area contributed by atoms with Crippen molar-refractivity contribution in [2.24, 2.45) is 5.92 Å². The zero-order chi connectivity index (χ0) is 24.2. The van der Waals surface area contributed by atoms with E-state index in [1.54, 1.807) is 7.11 Å². The quantitative estimate of drug-likeness (QED) is 0.683. The molecule has 0 unspecified atom stereocenters. The first kappa shape index (κ1) is 23.9. The second kappa shape index (κ2) is 10.8. The Labute approximate surface area is 209 Å². The van der Waals surface area contributed by atoms with Crippen molar-refractivity contribution >= 4 is 5.91 Å². The Kier molecular flexibility index (Phi) is 7.41. The van der Waals surface area contributed by atoms with Crippen molar-refractivity contribution in [2.75, 3.05) is 33.4 Å². The number of aliphatic hydroxyl groups is 1. The average molecular weight is 473 g/mol. The summed E-state index contributed by atoms with van der Waals surface area (Å²) in [6, 6.07) is 16.6. The van der Waals surface area contributed by atoms with Crippen LogP contribution in [-0.2, 0) is 4.79 Å². The van der Waals surface area contributed by atoms with Crippen LogP contribution in [0.15, 0.2) is 48.5 Å². The number of rotatable bonds is 4. The first-order valence-electron chi connectivity index (χ1n) is 13.1. The second-order valence-corrected chi connectivity index (χ2v) is 10.1. The Balaban J connectivity index is 1.33. The molecule has 0 spiro atoms. The molecule has 5 nitrogen and oxygen atoms in total. The van der Waals surface area contributed by atoms with Crippen molar-refractivity contribution in [1.29, 1.82) is 0 Å². The second-order valence-electron chi connectivity index (χ2n) is 10.1. The summed E-state index contributed by atoms with van der Waals surface area (Å²) in [6.45, 7) is 2.78. The number of carbonyl (C=O) groups excluding carboxylic acids is 1. The molecule has 3 aliphatic rings. The van der Waals surface area contributed by atoms with Crippen LogP contribution in [0.5, 0.6) is 5.75 Å². The van der Waals surface area contributed by atoms with E-state index in [9.17, 15) is 9.90 Å². The molecule has 5 heteroatoms. The molecule has 2 aromatic rings. The zero-order valence-electron chi connectivity index (χ0n) is 20.7. The topological polar surface area (TPSA) is 53.0 Å². The van der Waals surface area contributed by atoms with Crippen LogP contribution < -0.4 is 4.74 Å². The summed E-state index contributed by atoms with van der Waals surface area (Å²) in [5, 5.41) is 10.2. The molecular weight excluding hydrogens is 436 g/mol. The fourth-order valence-corrected chi connectivity index (χ4v) is 6.25. The highest BCUT2D eigenvalue weighted by atomic mass is 16.5. The maximum absolute atomic E-state index is 13.2. The zero-order valence-corrected chi connectivity index (χ0v) is 20.7. The Morgan fingerprint density at radius 2 is 1.74 bits per heavy atom. The van der Waals surface area contributed by atoms with Gasteiger partial charge in [0.2, 0.25) is 5.91 Å².